The van der Waals surface area contributed by atoms with E-state index in [4.69, 9.17) is 9.47 Å². The van der Waals surface area contributed by atoms with Gasteiger partial charge in [0.25, 0.3) is 0 Å². The van der Waals surface area contributed by atoms with Gasteiger partial charge in [-0.2, -0.15) is 0 Å². The predicted octanol–water partition coefficient (Wildman–Crippen LogP) is 2.03. The van der Waals surface area contributed by atoms with Gasteiger partial charge >= 0.3 is 5.97 Å². The van der Waals surface area contributed by atoms with E-state index in [-0.39, 0.29) is 37.5 Å². The van der Waals surface area contributed by atoms with E-state index in [2.05, 4.69) is 28.1 Å². The number of nitrogens with zero attached hydrogens (tertiary/aromatic N) is 4. The van der Waals surface area contributed by atoms with Crippen LogP contribution in [0.1, 0.15) is 50.5 Å². The molecule has 1 aromatic carbocycles. The van der Waals surface area contributed by atoms with E-state index >= 15 is 0 Å². The smallest absolute Gasteiger partial charge is 0.308 e. The van der Waals surface area contributed by atoms with Crippen molar-refractivity contribution in [2.24, 2.45) is 5.92 Å². The number of likely N-dealkylation sites (tertiary alicyclic amines) is 1. The molecule has 3 aliphatic rings. The molecule has 41 heavy (non-hydrogen) atoms. The Labute approximate surface area is 244 Å². The zero-order valence-corrected chi connectivity index (χ0v) is 25.8. The van der Waals surface area contributed by atoms with Crippen molar-refractivity contribution in [2.45, 2.75) is 51.0 Å². The fourth-order valence-corrected chi connectivity index (χ4v) is 7.82. The predicted molar refractivity (Wildman–Crippen MR) is 155 cm³/mol. The third-order valence-electron chi connectivity index (χ3n) is 8.47. The molecule has 0 aliphatic carbocycles. The number of carboxylic acids is 1. The summed E-state index contributed by atoms with van der Waals surface area (Å²) in [7, 11) is 3.09. The summed E-state index contributed by atoms with van der Waals surface area (Å²) in [6, 6.07) is 5.03. The van der Waals surface area contributed by atoms with Crippen LogP contribution in [0.3, 0.4) is 0 Å². The second-order valence-electron chi connectivity index (χ2n) is 12.5. The minimum Gasteiger partial charge on any atom is -0.481 e. The van der Waals surface area contributed by atoms with E-state index in [0.29, 0.717) is 50.5 Å². The van der Waals surface area contributed by atoms with Crippen LogP contribution in [-0.4, -0.2) is 130 Å². The van der Waals surface area contributed by atoms with Crippen LogP contribution in [0.15, 0.2) is 18.2 Å². The molecule has 0 spiro atoms. The van der Waals surface area contributed by atoms with Crippen molar-refractivity contribution < 1.29 is 37.1 Å². The molecule has 0 aromatic heterocycles. The maximum atomic E-state index is 13.7. The van der Waals surface area contributed by atoms with Crippen LogP contribution in [0.4, 0.5) is 0 Å². The largest absolute Gasteiger partial charge is 0.481 e. The van der Waals surface area contributed by atoms with Crippen LogP contribution in [0, 0.1) is 5.92 Å². The summed E-state index contributed by atoms with van der Waals surface area (Å²) < 4.78 is 38.3. The number of carbonyl (C=O) groups is 2. The number of hydrogen-bond acceptors (Lipinski definition) is 7. The molecule has 0 unspecified atom stereocenters. The Balaban J connectivity index is 1.57. The molecule has 3 atom stereocenters. The number of benzene rings is 1. The Morgan fingerprint density at radius 1 is 1.12 bits per heavy atom. The van der Waals surface area contributed by atoms with Gasteiger partial charge in [0.2, 0.25) is 22.7 Å². The third kappa shape index (κ3) is 7.91. The molecule has 3 heterocycles. The molecule has 1 amide bonds. The van der Waals surface area contributed by atoms with E-state index in [1.54, 1.807) is 6.07 Å². The highest BCUT2D eigenvalue weighted by atomic mass is 32.2. The third-order valence-corrected chi connectivity index (χ3v) is 10.4. The van der Waals surface area contributed by atoms with Gasteiger partial charge in [0, 0.05) is 51.1 Å². The first-order valence-electron chi connectivity index (χ1n) is 14.8. The van der Waals surface area contributed by atoms with Crippen LogP contribution in [0.25, 0.3) is 0 Å². The molecule has 2 fully saturated rings. The molecule has 0 radical (unpaired) electrons. The SMILES string of the molecule is CCCCN(CCC[N+](C)(C)C)C(=O)CN1C[C@H](c2ccc3c(c2)OCO3)[C@@H](C(=O)O)[C@@H]1CCN1CCCS1(=O)=O. The van der Waals surface area contributed by atoms with Crippen LogP contribution >= 0.6 is 0 Å². The first-order valence-corrected chi connectivity index (χ1v) is 16.4. The molecule has 3 aliphatic heterocycles. The van der Waals surface area contributed by atoms with Crippen molar-refractivity contribution in [3.63, 3.8) is 0 Å². The normalized spacial score (nSPS) is 24.1. The van der Waals surface area contributed by atoms with Gasteiger partial charge in [-0.15, -0.1) is 0 Å². The van der Waals surface area contributed by atoms with Crippen LogP contribution in [0.5, 0.6) is 11.5 Å². The van der Waals surface area contributed by atoms with Crippen molar-refractivity contribution in [3.8, 4) is 11.5 Å². The van der Waals surface area contributed by atoms with E-state index in [0.717, 1.165) is 35.9 Å². The number of aliphatic carboxylic acids is 1. The summed E-state index contributed by atoms with van der Waals surface area (Å²) in [5, 5.41) is 10.5. The molecule has 4 rings (SSSR count). The van der Waals surface area contributed by atoms with Crippen molar-refractivity contribution in [3.05, 3.63) is 23.8 Å². The molecule has 0 saturated carbocycles. The molecule has 2 saturated heterocycles. The van der Waals surface area contributed by atoms with Crippen LogP contribution in [-0.2, 0) is 19.6 Å². The first-order chi connectivity index (χ1) is 19.4. The highest BCUT2D eigenvalue weighted by Gasteiger charge is 2.48. The lowest BCUT2D eigenvalue weighted by molar-refractivity contribution is -0.870. The number of quaternary nitrogens is 1. The lowest BCUT2D eigenvalue weighted by Gasteiger charge is -2.31. The monoisotopic (exact) mass is 595 g/mol. The Hall–Kier alpha value is -2.41. The maximum Gasteiger partial charge on any atom is 0.308 e. The summed E-state index contributed by atoms with van der Waals surface area (Å²) in [4.78, 5) is 30.4. The van der Waals surface area contributed by atoms with Crippen LogP contribution < -0.4 is 9.47 Å². The number of sulfonamides is 1. The van der Waals surface area contributed by atoms with Gasteiger partial charge in [-0.05, 0) is 37.0 Å². The zero-order valence-electron chi connectivity index (χ0n) is 25.0. The Bertz CT molecular complexity index is 1190. The van der Waals surface area contributed by atoms with Gasteiger partial charge in [0.15, 0.2) is 11.5 Å². The number of ether oxygens (including phenoxy) is 2. The number of fused-ring (bicyclic) bond motifs is 1. The van der Waals surface area contributed by atoms with E-state index in [1.165, 1.54) is 4.31 Å². The average molecular weight is 596 g/mol. The minimum atomic E-state index is -3.32. The summed E-state index contributed by atoms with van der Waals surface area (Å²) >= 11 is 0. The van der Waals surface area contributed by atoms with Gasteiger partial charge in [-0.25, -0.2) is 12.7 Å². The van der Waals surface area contributed by atoms with Gasteiger partial charge in [-0.1, -0.05) is 19.4 Å². The Morgan fingerprint density at radius 3 is 2.51 bits per heavy atom. The van der Waals surface area contributed by atoms with Crippen LogP contribution in [0.2, 0.25) is 0 Å². The summed E-state index contributed by atoms with van der Waals surface area (Å²) in [5.41, 5.74) is 0.821. The molecule has 230 valence electrons. The molecule has 1 N–H and O–H groups in total. The van der Waals surface area contributed by atoms with E-state index in [1.807, 2.05) is 21.9 Å². The maximum absolute atomic E-state index is 13.7. The summed E-state index contributed by atoms with van der Waals surface area (Å²) in [5.74, 6) is -0.780. The summed E-state index contributed by atoms with van der Waals surface area (Å²) in [6.07, 6.45) is 3.69. The number of rotatable bonds is 14. The summed E-state index contributed by atoms with van der Waals surface area (Å²) in [6.45, 7) is 5.70. The van der Waals surface area contributed by atoms with E-state index < -0.39 is 28.0 Å². The lowest BCUT2D eigenvalue weighted by Crippen LogP contribution is -2.46. The Kier molecular flexibility index (Phi) is 10.2. The van der Waals surface area contributed by atoms with Crippen molar-refractivity contribution in [1.29, 1.82) is 0 Å². The van der Waals surface area contributed by atoms with Gasteiger partial charge < -0.3 is 24.0 Å². The van der Waals surface area contributed by atoms with Gasteiger partial charge in [0.05, 0.1) is 45.9 Å². The second kappa shape index (κ2) is 13.3. The van der Waals surface area contributed by atoms with E-state index in [9.17, 15) is 23.1 Å². The molecule has 12 heteroatoms. The van der Waals surface area contributed by atoms with Crippen molar-refractivity contribution in [1.82, 2.24) is 14.1 Å². The number of carbonyl (C=O) groups excluding carboxylic acids is 1. The second-order valence-corrected chi connectivity index (χ2v) is 14.6. The standard InChI is InChI=1S/C29H46N4O7S/c1-5-6-12-30(13-7-16-33(2,3)4)27(34)20-31-19-23(22-9-10-25-26(18-22)40-21-39-25)28(29(35)36)24(31)11-15-32-14-8-17-41(32,37)38/h9-10,18,23-24,28H,5-8,11-17,19-21H2,1-4H3/p+1/t23-,24+,28-/m1/s1. The fraction of sp³-hybridized carbons (Fsp3) is 0.724. The number of carboxylic acid groups (broad SMARTS) is 1. The highest BCUT2D eigenvalue weighted by molar-refractivity contribution is 7.89. The quantitative estimate of drug-likeness (QED) is 0.325. The number of unbranched alkanes of at least 4 members (excludes halogenated alkanes) is 1. The van der Waals surface area contributed by atoms with Crippen molar-refractivity contribution in [2.75, 3.05) is 79.5 Å². The fourth-order valence-electron chi connectivity index (χ4n) is 6.27. The average Bonchev–Trinajstić information content (AvgIpc) is 3.60. The Morgan fingerprint density at radius 2 is 1.85 bits per heavy atom. The van der Waals surface area contributed by atoms with Gasteiger partial charge in [0.1, 0.15) is 0 Å². The molecule has 0 bridgehead atoms. The number of hydrogen-bond donors (Lipinski definition) is 1. The van der Waals surface area contributed by atoms with Gasteiger partial charge in [-0.3, -0.25) is 14.5 Å². The van der Waals surface area contributed by atoms with Crippen molar-refractivity contribution >= 4 is 21.9 Å². The molecular weight excluding hydrogens is 548 g/mol. The highest BCUT2D eigenvalue weighted by Crippen LogP contribution is 2.43. The molecular formula is C29H47N4O7S+. The lowest BCUT2D eigenvalue weighted by atomic mass is 9.84. The topological polar surface area (TPSA) is 117 Å². The molecule has 11 nitrogen and oxygen atoms in total. The number of amides is 1. The first kappa shape index (κ1) is 31.5. The molecule has 1 aromatic rings. The minimum absolute atomic E-state index is 0.00544. The zero-order chi connectivity index (χ0) is 29.8.